The molecule has 0 saturated heterocycles. The molecule has 1 unspecified atom stereocenters. The summed E-state index contributed by atoms with van der Waals surface area (Å²) in [7, 11) is 0. The third-order valence-corrected chi connectivity index (χ3v) is 3.72. The van der Waals surface area contributed by atoms with Gasteiger partial charge >= 0.3 is 0 Å². The Hall–Kier alpha value is -1.91. The zero-order valence-corrected chi connectivity index (χ0v) is 10.9. The summed E-state index contributed by atoms with van der Waals surface area (Å²) < 4.78 is 28.3. The van der Waals surface area contributed by atoms with Crippen LogP contribution in [0.3, 0.4) is 0 Å². The standard InChI is InChI=1S/C14H15F2N3/c1-8-9(2)18-19-13(5-6-17-14(8)19)10-3-4-11(15)12(16)7-10/h3-4,7,13,17H,5-6H2,1-2H3. The molecule has 0 bridgehead atoms. The molecule has 1 aromatic carbocycles. The van der Waals surface area contributed by atoms with Gasteiger partial charge < -0.3 is 5.32 Å². The van der Waals surface area contributed by atoms with Crippen molar-refractivity contribution in [1.82, 2.24) is 9.78 Å². The van der Waals surface area contributed by atoms with Crippen LogP contribution in [0, 0.1) is 25.5 Å². The first-order valence-electron chi connectivity index (χ1n) is 6.32. The van der Waals surface area contributed by atoms with E-state index in [1.165, 1.54) is 12.1 Å². The number of fused-ring (bicyclic) bond motifs is 1. The van der Waals surface area contributed by atoms with Crippen molar-refractivity contribution < 1.29 is 8.78 Å². The Bertz CT molecular complexity index is 634. The van der Waals surface area contributed by atoms with Gasteiger partial charge in [-0.25, -0.2) is 13.5 Å². The number of hydrogen-bond donors (Lipinski definition) is 1. The first-order chi connectivity index (χ1) is 9.08. The van der Waals surface area contributed by atoms with Crippen molar-refractivity contribution in [3.8, 4) is 0 Å². The van der Waals surface area contributed by atoms with Crippen molar-refractivity contribution in [2.75, 3.05) is 11.9 Å². The molecule has 2 heterocycles. The van der Waals surface area contributed by atoms with Crippen LogP contribution in [0.2, 0.25) is 0 Å². The van der Waals surface area contributed by atoms with Gasteiger partial charge in [-0.2, -0.15) is 5.10 Å². The van der Waals surface area contributed by atoms with E-state index < -0.39 is 11.6 Å². The van der Waals surface area contributed by atoms with Crippen LogP contribution in [-0.2, 0) is 0 Å². The number of nitrogens with one attached hydrogen (secondary N) is 1. The van der Waals surface area contributed by atoms with Gasteiger partial charge in [0.1, 0.15) is 5.82 Å². The second-order valence-electron chi connectivity index (χ2n) is 4.91. The lowest BCUT2D eigenvalue weighted by atomic mass is 10.0. The number of benzene rings is 1. The summed E-state index contributed by atoms with van der Waals surface area (Å²) in [6, 6.07) is 4.03. The fourth-order valence-corrected chi connectivity index (χ4v) is 2.55. The number of halogens is 2. The van der Waals surface area contributed by atoms with Crippen LogP contribution < -0.4 is 5.32 Å². The first-order valence-corrected chi connectivity index (χ1v) is 6.32. The van der Waals surface area contributed by atoms with Crippen molar-refractivity contribution in [3.05, 3.63) is 46.7 Å². The lowest BCUT2D eigenvalue weighted by Gasteiger charge is -2.26. The van der Waals surface area contributed by atoms with E-state index in [9.17, 15) is 8.78 Å². The molecule has 1 aliphatic rings. The number of aromatic nitrogens is 2. The maximum atomic E-state index is 13.4. The monoisotopic (exact) mass is 263 g/mol. The number of anilines is 1. The highest BCUT2D eigenvalue weighted by atomic mass is 19.2. The lowest BCUT2D eigenvalue weighted by Crippen LogP contribution is -2.24. The van der Waals surface area contributed by atoms with Crippen LogP contribution in [-0.4, -0.2) is 16.3 Å². The molecule has 1 atom stereocenters. The average Bonchev–Trinajstić information content (AvgIpc) is 2.69. The SMILES string of the molecule is Cc1nn2c(c1C)NCCC2c1ccc(F)c(F)c1. The van der Waals surface area contributed by atoms with E-state index in [1.54, 1.807) is 6.07 Å². The van der Waals surface area contributed by atoms with Crippen LogP contribution in [0.1, 0.15) is 29.3 Å². The number of rotatable bonds is 1. The third kappa shape index (κ3) is 1.89. The summed E-state index contributed by atoms with van der Waals surface area (Å²) in [5, 5.41) is 7.81. The van der Waals surface area contributed by atoms with Gasteiger partial charge in [-0.15, -0.1) is 0 Å². The van der Waals surface area contributed by atoms with Crippen LogP contribution in [0.25, 0.3) is 0 Å². The Labute approximate surface area is 110 Å². The summed E-state index contributed by atoms with van der Waals surface area (Å²) in [4.78, 5) is 0. The van der Waals surface area contributed by atoms with E-state index in [2.05, 4.69) is 10.4 Å². The molecule has 0 saturated carbocycles. The maximum Gasteiger partial charge on any atom is 0.159 e. The minimum Gasteiger partial charge on any atom is -0.370 e. The zero-order chi connectivity index (χ0) is 13.6. The Kier molecular flexibility index (Phi) is 2.77. The molecule has 2 aromatic rings. The lowest BCUT2D eigenvalue weighted by molar-refractivity contribution is 0.467. The first kappa shape index (κ1) is 12.1. The van der Waals surface area contributed by atoms with Gasteiger partial charge in [0.15, 0.2) is 11.6 Å². The molecule has 1 aromatic heterocycles. The molecular formula is C14H15F2N3. The summed E-state index contributed by atoms with van der Waals surface area (Å²) in [5.74, 6) is -0.651. The second kappa shape index (κ2) is 4.33. The van der Waals surface area contributed by atoms with Crippen molar-refractivity contribution in [2.45, 2.75) is 26.3 Å². The van der Waals surface area contributed by atoms with Crippen molar-refractivity contribution in [3.63, 3.8) is 0 Å². The Balaban J connectivity index is 2.08. The van der Waals surface area contributed by atoms with Crippen molar-refractivity contribution in [1.29, 1.82) is 0 Å². The molecule has 100 valence electrons. The second-order valence-corrected chi connectivity index (χ2v) is 4.91. The Morgan fingerprint density at radius 2 is 2.05 bits per heavy atom. The molecule has 1 aliphatic heterocycles. The van der Waals surface area contributed by atoms with E-state index in [4.69, 9.17) is 0 Å². The number of hydrogen-bond acceptors (Lipinski definition) is 2. The van der Waals surface area contributed by atoms with E-state index in [0.717, 1.165) is 35.6 Å². The van der Waals surface area contributed by atoms with E-state index >= 15 is 0 Å². The Morgan fingerprint density at radius 3 is 2.79 bits per heavy atom. The van der Waals surface area contributed by atoms with Crippen molar-refractivity contribution >= 4 is 5.82 Å². The molecule has 0 radical (unpaired) electrons. The summed E-state index contributed by atoms with van der Waals surface area (Å²) in [6.45, 7) is 4.76. The van der Waals surface area contributed by atoms with Gasteiger partial charge in [0.25, 0.3) is 0 Å². The highest BCUT2D eigenvalue weighted by Crippen LogP contribution is 2.32. The molecule has 0 fully saturated rings. The molecule has 19 heavy (non-hydrogen) atoms. The van der Waals surface area contributed by atoms with Crippen molar-refractivity contribution in [2.24, 2.45) is 0 Å². The minimum absolute atomic E-state index is 0.0428. The summed E-state index contributed by atoms with van der Waals surface area (Å²) in [6.07, 6.45) is 0.804. The fourth-order valence-electron chi connectivity index (χ4n) is 2.55. The topological polar surface area (TPSA) is 29.9 Å². The van der Waals surface area contributed by atoms with E-state index in [1.807, 2.05) is 18.5 Å². The minimum atomic E-state index is -0.814. The molecule has 3 rings (SSSR count). The smallest absolute Gasteiger partial charge is 0.159 e. The normalized spacial score (nSPS) is 18.0. The third-order valence-electron chi connectivity index (χ3n) is 3.72. The average molecular weight is 263 g/mol. The fraction of sp³-hybridized carbons (Fsp3) is 0.357. The molecular weight excluding hydrogens is 248 g/mol. The largest absolute Gasteiger partial charge is 0.370 e. The molecule has 0 aliphatic carbocycles. The highest BCUT2D eigenvalue weighted by molar-refractivity contribution is 5.49. The van der Waals surface area contributed by atoms with E-state index in [0.29, 0.717) is 0 Å². The summed E-state index contributed by atoms with van der Waals surface area (Å²) in [5.41, 5.74) is 2.81. The van der Waals surface area contributed by atoms with Gasteiger partial charge in [0, 0.05) is 12.1 Å². The van der Waals surface area contributed by atoms with Gasteiger partial charge in [-0.05, 0) is 38.0 Å². The summed E-state index contributed by atoms with van der Waals surface area (Å²) >= 11 is 0. The van der Waals surface area contributed by atoms with Crippen LogP contribution >= 0.6 is 0 Å². The van der Waals surface area contributed by atoms with E-state index in [-0.39, 0.29) is 6.04 Å². The zero-order valence-electron chi connectivity index (χ0n) is 10.9. The maximum absolute atomic E-state index is 13.4. The molecule has 0 amide bonds. The molecule has 3 nitrogen and oxygen atoms in total. The van der Waals surface area contributed by atoms with Gasteiger partial charge in [-0.1, -0.05) is 6.07 Å². The number of nitrogens with zero attached hydrogens (tertiary/aromatic N) is 2. The molecule has 5 heteroatoms. The van der Waals surface area contributed by atoms with Crippen LogP contribution in [0.4, 0.5) is 14.6 Å². The Morgan fingerprint density at radius 1 is 1.26 bits per heavy atom. The highest BCUT2D eigenvalue weighted by Gasteiger charge is 2.25. The molecule has 0 spiro atoms. The predicted octanol–water partition coefficient (Wildman–Crippen LogP) is 3.18. The van der Waals surface area contributed by atoms with Crippen LogP contribution in [0.15, 0.2) is 18.2 Å². The predicted molar refractivity (Wildman–Crippen MR) is 69.3 cm³/mol. The van der Waals surface area contributed by atoms with Crippen LogP contribution in [0.5, 0.6) is 0 Å². The number of aryl methyl sites for hydroxylation is 1. The van der Waals surface area contributed by atoms with Gasteiger partial charge in [-0.3, -0.25) is 0 Å². The quantitative estimate of drug-likeness (QED) is 0.856. The molecule has 1 N–H and O–H groups in total. The van der Waals surface area contributed by atoms with Gasteiger partial charge in [0.05, 0.1) is 11.7 Å². The van der Waals surface area contributed by atoms with Gasteiger partial charge in [0.2, 0.25) is 0 Å².